The molecule has 106 valence electrons. The fourth-order valence-electron chi connectivity index (χ4n) is 3.44. The number of nitriles is 1. The first-order valence-corrected chi connectivity index (χ1v) is 7.27. The SMILES string of the molecule is C[C@H]1CN(C(=O)C2(C#N)CCCCC2)CC(C)(C)O1. The summed E-state index contributed by atoms with van der Waals surface area (Å²) in [4.78, 5) is 14.6. The van der Waals surface area contributed by atoms with Crippen molar-refractivity contribution in [2.24, 2.45) is 5.41 Å². The maximum atomic E-state index is 12.8. The van der Waals surface area contributed by atoms with Crippen LogP contribution in [0.15, 0.2) is 0 Å². The summed E-state index contributed by atoms with van der Waals surface area (Å²) in [5.41, 5.74) is -1.09. The number of ether oxygens (including phenoxy) is 1. The minimum atomic E-state index is -0.772. The zero-order chi connectivity index (χ0) is 14.1. The molecule has 0 aromatic rings. The van der Waals surface area contributed by atoms with E-state index in [1.165, 1.54) is 0 Å². The van der Waals surface area contributed by atoms with Gasteiger partial charge in [0.1, 0.15) is 5.41 Å². The quantitative estimate of drug-likeness (QED) is 0.731. The molecule has 2 rings (SSSR count). The minimum absolute atomic E-state index is 0.0259. The molecule has 0 aromatic carbocycles. The van der Waals surface area contributed by atoms with Crippen molar-refractivity contribution < 1.29 is 9.53 Å². The Labute approximate surface area is 115 Å². The van der Waals surface area contributed by atoms with Gasteiger partial charge in [0.2, 0.25) is 5.91 Å². The summed E-state index contributed by atoms with van der Waals surface area (Å²) in [7, 11) is 0. The van der Waals surface area contributed by atoms with E-state index in [0.29, 0.717) is 25.9 Å². The first kappa shape index (κ1) is 14.3. The van der Waals surface area contributed by atoms with Gasteiger partial charge in [-0.15, -0.1) is 0 Å². The number of nitrogens with zero attached hydrogens (tertiary/aromatic N) is 2. The summed E-state index contributed by atoms with van der Waals surface area (Å²) >= 11 is 0. The molecule has 1 saturated heterocycles. The Morgan fingerprint density at radius 2 is 1.95 bits per heavy atom. The molecule has 1 aliphatic carbocycles. The molecule has 1 amide bonds. The Morgan fingerprint density at radius 1 is 1.32 bits per heavy atom. The van der Waals surface area contributed by atoms with Crippen LogP contribution in [0, 0.1) is 16.7 Å². The summed E-state index contributed by atoms with van der Waals surface area (Å²) in [6.07, 6.45) is 4.59. The van der Waals surface area contributed by atoms with Gasteiger partial charge in [-0.25, -0.2) is 0 Å². The van der Waals surface area contributed by atoms with Crippen molar-refractivity contribution in [3.63, 3.8) is 0 Å². The van der Waals surface area contributed by atoms with Crippen molar-refractivity contribution >= 4 is 5.91 Å². The van der Waals surface area contributed by atoms with Crippen molar-refractivity contribution in [2.45, 2.75) is 64.6 Å². The molecule has 4 heteroatoms. The van der Waals surface area contributed by atoms with E-state index in [9.17, 15) is 10.1 Å². The van der Waals surface area contributed by atoms with Crippen LogP contribution >= 0.6 is 0 Å². The van der Waals surface area contributed by atoms with Crippen LogP contribution in [0.4, 0.5) is 0 Å². The smallest absolute Gasteiger partial charge is 0.243 e. The van der Waals surface area contributed by atoms with Gasteiger partial charge in [0.25, 0.3) is 0 Å². The monoisotopic (exact) mass is 264 g/mol. The lowest BCUT2D eigenvalue weighted by Crippen LogP contribution is -2.57. The number of hydrogen-bond acceptors (Lipinski definition) is 3. The molecule has 0 aromatic heterocycles. The Morgan fingerprint density at radius 3 is 2.47 bits per heavy atom. The molecule has 1 aliphatic heterocycles. The third kappa shape index (κ3) is 2.92. The van der Waals surface area contributed by atoms with E-state index in [2.05, 4.69) is 6.07 Å². The van der Waals surface area contributed by atoms with Gasteiger partial charge in [-0.2, -0.15) is 5.26 Å². The van der Waals surface area contributed by atoms with Gasteiger partial charge in [-0.1, -0.05) is 19.3 Å². The molecule has 0 N–H and O–H groups in total. The van der Waals surface area contributed by atoms with Crippen LogP contribution in [0.25, 0.3) is 0 Å². The van der Waals surface area contributed by atoms with Gasteiger partial charge in [0.15, 0.2) is 0 Å². The van der Waals surface area contributed by atoms with Crippen LogP contribution in [-0.2, 0) is 9.53 Å². The van der Waals surface area contributed by atoms with E-state index in [0.717, 1.165) is 19.3 Å². The highest BCUT2D eigenvalue weighted by molar-refractivity contribution is 5.85. The average Bonchev–Trinajstić information content (AvgIpc) is 2.36. The van der Waals surface area contributed by atoms with E-state index in [4.69, 9.17) is 4.74 Å². The second kappa shape index (κ2) is 5.13. The molecular formula is C15H24N2O2. The lowest BCUT2D eigenvalue weighted by atomic mass is 9.74. The van der Waals surface area contributed by atoms with E-state index in [-0.39, 0.29) is 17.6 Å². The average molecular weight is 264 g/mol. The molecular weight excluding hydrogens is 240 g/mol. The van der Waals surface area contributed by atoms with Crippen LogP contribution in [0.1, 0.15) is 52.9 Å². The number of carbonyl (C=O) groups is 1. The largest absolute Gasteiger partial charge is 0.369 e. The minimum Gasteiger partial charge on any atom is -0.369 e. The molecule has 19 heavy (non-hydrogen) atoms. The van der Waals surface area contributed by atoms with Gasteiger partial charge in [0, 0.05) is 13.1 Å². The molecule has 2 aliphatic rings. The van der Waals surface area contributed by atoms with Crippen molar-refractivity contribution in [3.05, 3.63) is 0 Å². The van der Waals surface area contributed by atoms with E-state index in [1.807, 2.05) is 25.7 Å². The van der Waals surface area contributed by atoms with Gasteiger partial charge in [-0.05, 0) is 33.6 Å². The molecule has 0 unspecified atom stereocenters. The molecule has 2 fully saturated rings. The molecule has 4 nitrogen and oxygen atoms in total. The van der Waals surface area contributed by atoms with Crippen molar-refractivity contribution in [1.29, 1.82) is 5.26 Å². The molecule has 0 radical (unpaired) electrons. The number of hydrogen-bond donors (Lipinski definition) is 0. The zero-order valence-corrected chi connectivity index (χ0v) is 12.2. The predicted octanol–water partition coefficient (Wildman–Crippen LogP) is 2.49. The first-order valence-electron chi connectivity index (χ1n) is 7.27. The molecule has 0 bridgehead atoms. The molecule has 1 heterocycles. The summed E-state index contributed by atoms with van der Waals surface area (Å²) < 4.78 is 5.83. The summed E-state index contributed by atoms with van der Waals surface area (Å²) in [6, 6.07) is 2.32. The number of carbonyl (C=O) groups excluding carboxylic acids is 1. The first-order chi connectivity index (χ1) is 8.88. The Kier molecular flexibility index (Phi) is 3.87. The fourth-order valence-corrected chi connectivity index (χ4v) is 3.44. The van der Waals surface area contributed by atoms with Gasteiger partial charge >= 0.3 is 0 Å². The predicted molar refractivity (Wildman–Crippen MR) is 72.3 cm³/mol. The third-order valence-corrected chi connectivity index (χ3v) is 4.19. The third-order valence-electron chi connectivity index (χ3n) is 4.19. The summed E-state index contributed by atoms with van der Waals surface area (Å²) in [5, 5.41) is 9.51. The lowest BCUT2D eigenvalue weighted by molar-refractivity contribution is -0.165. The van der Waals surface area contributed by atoms with Crippen LogP contribution < -0.4 is 0 Å². The highest BCUT2D eigenvalue weighted by Gasteiger charge is 2.45. The number of morpholine rings is 1. The van der Waals surface area contributed by atoms with E-state index < -0.39 is 5.41 Å². The highest BCUT2D eigenvalue weighted by Crippen LogP contribution is 2.38. The molecule has 1 atom stereocenters. The van der Waals surface area contributed by atoms with E-state index >= 15 is 0 Å². The van der Waals surface area contributed by atoms with Crippen LogP contribution in [0.2, 0.25) is 0 Å². The maximum absolute atomic E-state index is 12.8. The fraction of sp³-hybridized carbons (Fsp3) is 0.867. The van der Waals surface area contributed by atoms with Crippen LogP contribution in [-0.4, -0.2) is 35.6 Å². The summed E-state index contributed by atoms with van der Waals surface area (Å²) in [5.74, 6) is 0.0259. The van der Waals surface area contributed by atoms with Crippen LogP contribution in [0.5, 0.6) is 0 Å². The number of rotatable bonds is 1. The van der Waals surface area contributed by atoms with Crippen LogP contribution in [0.3, 0.4) is 0 Å². The molecule has 1 saturated carbocycles. The van der Waals surface area contributed by atoms with Crippen molar-refractivity contribution in [1.82, 2.24) is 4.90 Å². The van der Waals surface area contributed by atoms with Gasteiger partial charge in [0.05, 0.1) is 17.8 Å². The Balaban J connectivity index is 2.16. The Bertz CT molecular complexity index is 391. The normalized spacial score (nSPS) is 29.6. The van der Waals surface area contributed by atoms with Crippen molar-refractivity contribution in [2.75, 3.05) is 13.1 Å². The zero-order valence-electron chi connectivity index (χ0n) is 12.2. The van der Waals surface area contributed by atoms with Crippen molar-refractivity contribution in [3.8, 4) is 6.07 Å². The second-order valence-corrected chi connectivity index (χ2v) is 6.63. The number of amides is 1. The standard InChI is InChI=1S/C15H24N2O2/c1-12-9-17(11-14(2,3)19-12)13(18)15(10-16)7-5-4-6-8-15/h12H,4-9,11H2,1-3H3/t12-/m0/s1. The van der Waals surface area contributed by atoms with Gasteiger partial charge in [-0.3, -0.25) is 4.79 Å². The lowest BCUT2D eigenvalue weighted by Gasteiger charge is -2.44. The van der Waals surface area contributed by atoms with Gasteiger partial charge < -0.3 is 9.64 Å². The topological polar surface area (TPSA) is 53.3 Å². The highest BCUT2D eigenvalue weighted by atomic mass is 16.5. The Hall–Kier alpha value is -1.08. The second-order valence-electron chi connectivity index (χ2n) is 6.63. The maximum Gasteiger partial charge on any atom is 0.243 e. The summed E-state index contributed by atoms with van der Waals surface area (Å²) in [6.45, 7) is 7.18. The molecule has 0 spiro atoms. The van der Waals surface area contributed by atoms with E-state index in [1.54, 1.807) is 0 Å².